The highest BCUT2D eigenvalue weighted by molar-refractivity contribution is 6.36. The highest BCUT2D eigenvalue weighted by atomic mass is 35.5. The molecular weight excluding hydrogens is 200 g/mol. The maximum Gasteiger partial charge on any atom is 0.168 e. The van der Waals surface area contributed by atoms with E-state index in [9.17, 15) is 0 Å². The summed E-state index contributed by atoms with van der Waals surface area (Å²) in [6.45, 7) is 0. The minimum absolute atomic E-state index is 0.503. The molecule has 2 aromatic rings. The summed E-state index contributed by atoms with van der Waals surface area (Å²) < 4.78 is 5.17. The topological polar surface area (TPSA) is 48.1 Å². The Morgan fingerprint density at radius 1 is 1.50 bits per heavy atom. The molecule has 4 heteroatoms. The summed E-state index contributed by atoms with van der Waals surface area (Å²) in [6, 6.07) is 5.38. The van der Waals surface area contributed by atoms with Gasteiger partial charge < -0.3 is 10.5 Å². The third-order valence-corrected chi connectivity index (χ3v) is 2.34. The van der Waals surface area contributed by atoms with Crippen LogP contribution in [-0.2, 0) is 0 Å². The van der Waals surface area contributed by atoms with Gasteiger partial charge in [0.1, 0.15) is 5.52 Å². The molecule has 0 atom stereocenters. The lowest BCUT2D eigenvalue weighted by molar-refractivity contribution is 0.421. The number of hydrogen-bond acceptors (Lipinski definition) is 3. The number of halogens is 1. The van der Waals surface area contributed by atoms with E-state index in [1.54, 1.807) is 19.4 Å². The molecule has 3 nitrogen and oxygen atoms in total. The molecule has 1 aromatic heterocycles. The molecule has 14 heavy (non-hydrogen) atoms. The summed E-state index contributed by atoms with van der Waals surface area (Å²) in [6.07, 6.45) is 1.68. The molecule has 0 saturated heterocycles. The van der Waals surface area contributed by atoms with Crippen molar-refractivity contribution in [1.29, 1.82) is 0 Å². The first-order chi connectivity index (χ1) is 6.74. The molecule has 0 spiro atoms. The van der Waals surface area contributed by atoms with Gasteiger partial charge in [0, 0.05) is 11.6 Å². The van der Waals surface area contributed by atoms with Crippen LogP contribution in [0.5, 0.6) is 5.75 Å². The maximum absolute atomic E-state index is 6.02. The summed E-state index contributed by atoms with van der Waals surface area (Å²) in [7, 11) is 1.56. The molecule has 2 rings (SSSR count). The Morgan fingerprint density at radius 3 is 3.00 bits per heavy atom. The minimum atomic E-state index is 0.503. The van der Waals surface area contributed by atoms with E-state index in [2.05, 4.69) is 4.98 Å². The van der Waals surface area contributed by atoms with E-state index in [1.807, 2.05) is 12.1 Å². The molecular formula is C10H9ClN2O. The molecule has 0 saturated carbocycles. The van der Waals surface area contributed by atoms with E-state index in [4.69, 9.17) is 22.1 Å². The van der Waals surface area contributed by atoms with Crippen LogP contribution in [0.15, 0.2) is 24.4 Å². The standard InChI is InChI=1S/C10H9ClN2O/c1-14-10-8(12)5-7(11)6-3-2-4-13-9(6)10/h2-5H,12H2,1H3. The average Bonchev–Trinajstić information content (AvgIpc) is 2.18. The number of pyridine rings is 1. The van der Waals surface area contributed by atoms with E-state index >= 15 is 0 Å². The number of methoxy groups -OCH3 is 1. The van der Waals surface area contributed by atoms with Crippen LogP contribution in [0.25, 0.3) is 10.9 Å². The van der Waals surface area contributed by atoms with Gasteiger partial charge in [0.15, 0.2) is 5.75 Å². The zero-order chi connectivity index (χ0) is 10.1. The van der Waals surface area contributed by atoms with Gasteiger partial charge in [0.25, 0.3) is 0 Å². The van der Waals surface area contributed by atoms with Crippen LogP contribution in [0.4, 0.5) is 5.69 Å². The first kappa shape index (κ1) is 9.09. The van der Waals surface area contributed by atoms with Crippen molar-refractivity contribution in [2.75, 3.05) is 12.8 Å². The van der Waals surface area contributed by atoms with Crippen molar-refractivity contribution in [3.63, 3.8) is 0 Å². The Hall–Kier alpha value is -1.48. The van der Waals surface area contributed by atoms with E-state index in [1.165, 1.54) is 0 Å². The van der Waals surface area contributed by atoms with Crippen molar-refractivity contribution in [2.45, 2.75) is 0 Å². The fraction of sp³-hybridized carbons (Fsp3) is 0.100. The molecule has 1 aromatic carbocycles. The first-order valence-corrected chi connectivity index (χ1v) is 4.48. The lowest BCUT2D eigenvalue weighted by atomic mass is 10.2. The van der Waals surface area contributed by atoms with Crippen molar-refractivity contribution >= 4 is 28.2 Å². The number of nitrogens with zero attached hydrogens (tertiary/aromatic N) is 1. The third kappa shape index (κ3) is 1.26. The average molecular weight is 209 g/mol. The first-order valence-electron chi connectivity index (χ1n) is 4.10. The minimum Gasteiger partial charge on any atom is -0.492 e. The van der Waals surface area contributed by atoms with Gasteiger partial charge in [0.2, 0.25) is 0 Å². The van der Waals surface area contributed by atoms with Crippen molar-refractivity contribution in [3.05, 3.63) is 29.4 Å². The summed E-state index contributed by atoms with van der Waals surface area (Å²) >= 11 is 6.02. The smallest absolute Gasteiger partial charge is 0.168 e. The molecule has 0 fully saturated rings. The number of nitrogens with two attached hydrogens (primary N) is 1. The van der Waals surface area contributed by atoms with Crippen LogP contribution in [0.2, 0.25) is 5.02 Å². The maximum atomic E-state index is 6.02. The van der Waals surface area contributed by atoms with Gasteiger partial charge in [-0.2, -0.15) is 0 Å². The summed E-state index contributed by atoms with van der Waals surface area (Å²) in [5, 5.41) is 1.44. The molecule has 0 radical (unpaired) electrons. The van der Waals surface area contributed by atoms with Gasteiger partial charge in [0.05, 0.1) is 17.8 Å². The number of anilines is 1. The number of hydrogen-bond donors (Lipinski definition) is 1. The number of ether oxygens (including phenoxy) is 1. The van der Waals surface area contributed by atoms with Crippen LogP contribution in [0.3, 0.4) is 0 Å². The Balaban J connectivity index is 2.90. The van der Waals surface area contributed by atoms with Crippen molar-refractivity contribution in [3.8, 4) is 5.75 Å². The third-order valence-electron chi connectivity index (χ3n) is 2.03. The van der Waals surface area contributed by atoms with Crippen LogP contribution in [0.1, 0.15) is 0 Å². The molecule has 1 heterocycles. The molecule has 72 valence electrons. The molecule has 0 aliphatic carbocycles. The van der Waals surface area contributed by atoms with Crippen LogP contribution < -0.4 is 10.5 Å². The van der Waals surface area contributed by atoms with E-state index in [0.29, 0.717) is 22.0 Å². The SMILES string of the molecule is COc1c(N)cc(Cl)c2cccnc12. The molecule has 0 amide bonds. The van der Waals surface area contributed by atoms with Crippen molar-refractivity contribution in [1.82, 2.24) is 4.98 Å². The Morgan fingerprint density at radius 2 is 2.29 bits per heavy atom. The molecule has 0 aliphatic rings. The van der Waals surface area contributed by atoms with Gasteiger partial charge in [-0.05, 0) is 18.2 Å². The monoisotopic (exact) mass is 208 g/mol. The van der Waals surface area contributed by atoms with Crippen LogP contribution in [-0.4, -0.2) is 12.1 Å². The Labute approximate surface area is 86.5 Å². The molecule has 0 aliphatic heterocycles. The molecule has 2 N–H and O–H groups in total. The van der Waals surface area contributed by atoms with Crippen molar-refractivity contribution in [2.24, 2.45) is 0 Å². The second kappa shape index (κ2) is 3.35. The lowest BCUT2D eigenvalue weighted by Gasteiger charge is -2.08. The normalized spacial score (nSPS) is 10.4. The van der Waals surface area contributed by atoms with Gasteiger partial charge in [-0.1, -0.05) is 11.6 Å². The highest BCUT2D eigenvalue weighted by Gasteiger charge is 2.09. The fourth-order valence-electron chi connectivity index (χ4n) is 1.41. The number of aromatic nitrogens is 1. The van der Waals surface area contributed by atoms with Crippen LogP contribution >= 0.6 is 11.6 Å². The summed E-state index contributed by atoms with van der Waals surface area (Å²) in [5.74, 6) is 0.574. The Bertz CT molecular complexity index is 485. The summed E-state index contributed by atoms with van der Waals surface area (Å²) in [4.78, 5) is 4.18. The second-order valence-corrected chi connectivity index (χ2v) is 3.29. The van der Waals surface area contributed by atoms with E-state index in [0.717, 1.165) is 5.39 Å². The number of rotatable bonds is 1. The molecule has 0 unspecified atom stereocenters. The largest absolute Gasteiger partial charge is 0.492 e. The Kier molecular flexibility index (Phi) is 2.17. The van der Waals surface area contributed by atoms with E-state index < -0.39 is 0 Å². The lowest BCUT2D eigenvalue weighted by Crippen LogP contribution is -1.95. The molecule has 0 bridgehead atoms. The van der Waals surface area contributed by atoms with Gasteiger partial charge in [-0.25, -0.2) is 0 Å². The van der Waals surface area contributed by atoms with Crippen LogP contribution in [0, 0.1) is 0 Å². The van der Waals surface area contributed by atoms with Gasteiger partial charge >= 0.3 is 0 Å². The highest BCUT2D eigenvalue weighted by Crippen LogP contribution is 2.34. The van der Waals surface area contributed by atoms with E-state index in [-0.39, 0.29) is 0 Å². The zero-order valence-corrected chi connectivity index (χ0v) is 8.38. The number of benzene rings is 1. The predicted molar refractivity (Wildman–Crippen MR) is 57.7 cm³/mol. The quantitative estimate of drug-likeness (QED) is 0.733. The number of nitrogen functional groups attached to an aromatic ring is 1. The number of fused-ring (bicyclic) bond motifs is 1. The fourth-order valence-corrected chi connectivity index (χ4v) is 1.68. The van der Waals surface area contributed by atoms with Gasteiger partial charge in [-0.15, -0.1) is 0 Å². The van der Waals surface area contributed by atoms with Gasteiger partial charge in [-0.3, -0.25) is 4.98 Å². The zero-order valence-electron chi connectivity index (χ0n) is 7.62. The predicted octanol–water partition coefficient (Wildman–Crippen LogP) is 2.48. The summed E-state index contributed by atoms with van der Waals surface area (Å²) in [5.41, 5.74) is 6.95. The second-order valence-electron chi connectivity index (χ2n) is 2.88. The van der Waals surface area contributed by atoms with Crippen molar-refractivity contribution < 1.29 is 4.74 Å².